The van der Waals surface area contributed by atoms with Gasteiger partial charge in [0.1, 0.15) is 5.75 Å². The molecule has 0 unspecified atom stereocenters. The first-order chi connectivity index (χ1) is 7.67. The largest absolute Gasteiger partial charge is 0.497 e. The third-order valence-electron chi connectivity index (χ3n) is 2.35. The number of benzene rings is 1. The van der Waals surface area contributed by atoms with Crippen LogP contribution in [0.15, 0.2) is 24.3 Å². The van der Waals surface area contributed by atoms with Gasteiger partial charge in [-0.25, -0.2) is 0 Å². The average molecular weight is 223 g/mol. The minimum Gasteiger partial charge on any atom is -0.497 e. The van der Waals surface area contributed by atoms with Gasteiger partial charge in [0.05, 0.1) is 20.1 Å². The predicted octanol–water partition coefficient (Wildman–Crippen LogP) is 0.688. The van der Waals surface area contributed by atoms with Crippen LogP contribution in [0.3, 0.4) is 0 Å². The molecule has 0 saturated carbocycles. The molecule has 0 aliphatic heterocycles. The highest BCUT2D eigenvalue weighted by molar-refractivity contribution is 5.78. The van der Waals surface area contributed by atoms with Crippen molar-refractivity contribution in [2.75, 3.05) is 27.3 Å². The molecule has 0 bridgehead atoms. The molecule has 0 atom stereocenters. The van der Waals surface area contributed by atoms with Crippen LogP contribution in [0.1, 0.15) is 5.56 Å². The summed E-state index contributed by atoms with van der Waals surface area (Å²) in [6.45, 7) is 0.350. The van der Waals surface area contributed by atoms with Gasteiger partial charge in [-0.1, -0.05) is 12.1 Å². The van der Waals surface area contributed by atoms with Gasteiger partial charge in [0.25, 0.3) is 0 Å². The Bertz CT molecular complexity index is 352. The second kappa shape index (κ2) is 6.12. The maximum Gasteiger partial charge on any atom is 0.226 e. The van der Waals surface area contributed by atoms with E-state index >= 15 is 0 Å². The van der Waals surface area contributed by atoms with Gasteiger partial charge < -0.3 is 14.7 Å². The Morgan fingerprint density at radius 1 is 1.50 bits per heavy atom. The maximum absolute atomic E-state index is 11.7. The van der Waals surface area contributed by atoms with Crippen LogP contribution < -0.4 is 4.74 Å². The molecule has 0 aliphatic rings. The third kappa shape index (κ3) is 3.55. The number of hydrogen-bond acceptors (Lipinski definition) is 3. The summed E-state index contributed by atoms with van der Waals surface area (Å²) in [5.41, 5.74) is 0.911. The molecule has 1 aromatic rings. The lowest BCUT2D eigenvalue weighted by Crippen LogP contribution is -2.30. The van der Waals surface area contributed by atoms with E-state index < -0.39 is 0 Å². The number of hydrogen-bond donors (Lipinski definition) is 1. The molecule has 0 saturated heterocycles. The SMILES string of the molecule is COc1cccc(CC(=O)N(C)CCO)c1. The molecule has 1 aromatic carbocycles. The van der Waals surface area contributed by atoms with Crippen molar-refractivity contribution in [2.24, 2.45) is 0 Å². The highest BCUT2D eigenvalue weighted by atomic mass is 16.5. The molecule has 0 aromatic heterocycles. The number of aliphatic hydroxyl groups excluding tert-OH is 1. The van der Waals surface area contributed by atoms with E-state index in [-0.39, 0.29) is 12.5 Å². The van der Waals surface area contributed by atoms with Gasteiger partial charge in [-0.3, -0.25) is 4.79 Å². The molecule has 1 rings (SSSR count). The Balaban J connectivity index is 2.61. The van der Waals surface area contributed by atoms with Crippen LogP contribution in [0, 0.1) is 0 Å². The number of nitrogens with zero attached hydrogens (tertiary/aromatic N) is 1. The molecule has 0 radical (unpaired) electrons. The molecular formula is C12H17NO3. The predicted molar refractivity (Wildman–Crippen MR) is 61.4 cm³/mol. The second-order valence-electron chi connectivity index (χ2n) is 3.57. The van der Waals surface area contributed by atoms with E-state index in [4.69, 9.17) is 9.84 Å². The summed E-state index contributed by atoms with van der Waals surface area (Å²) in [4.78, 5) is 13.2. The van der Waals surface area contributed by atoms with Crippen LogP contribution in [0.5, 0.6) is 5.75 Å². The van der Waals surface area contributed by atoms with Crippen LogP contribution in [-0.2, 0) is 11.2 Å². The number of methoxy groups -OCH3 is 1. The summed E-state index contributed by atoms with van der Waals surface area (Å²) in [5.74, 6) is 0.734. The average Bonchev–Trinajstić information content (AvgIpc) is 2.29. The van der Waals surface area contributed by atoms with E-state index in [1.165, 1.54) is 4.90 Å². The monoisotopic (exact) mass is 223 g/mol. The van der Waals surface area contributed by atoms with Crippen molar-refractivity contribution < 1.29 is 14.6 Å². The highest BCUT2D eigenvalue weighted by Crippen LogP contribution is 2.13. The fourth-order valence-corrected chi connectivity index (χ4v) is 1.37. The van der Waals surface area contributed by atoms with Gasteiger partial charge in [-0.2, -0.15) is 0 Å². The third-order valence-corrected chi connectivity index (χ3v) is 2.35. The standard InChI is InChI=1S/C12H17NO3/c1-13(6-7-14)12(15)9-10-4-3-5-11(8-10)16-2/h3-5,8,14H,6-7,9H2,1-2H3. The van der Waals surface area contributed by atoms with E-state index in [2.05, 4.69) is 0 Å². The quantitative estimate of drug-likeness (QED) is 0.799. The lowest BCUT2D eigenvalue weighted by molar-refractivity contribution is -0.129. The Labute approximate surface area is 95.5 Å². The summed E-state index contributed by atoms with van der Waals surface area (Å²) in [5, 5.41) is 8.72. The topological polar surface area (TPSA) is 49.8 Å². The Morgan fingerprint density at radius 3 is 2.88 bits per heavy atom. The molecule has 4 heteroatoms. The van der Waals surface area contributed by atoms with Crippen molar-refractivity contribution in [1.82, 2.24) is 4.90 Å². The fraction of sp³-hybridized carbons (Fsp3) is 0.417. The maximum atomic E-state index is 11.7. The van der Waals surface area contributed by atoms with Crippen molar-refractivity contribution in [3.8, 4) is 5.75 Å². The molecular weight excluding hydrogens is 206 g/mol. The van der Waals surface area contributed by atoms with Gasteiger partial charge in [0.2, 0.25) is 5.91 Å². The summed E-state index contributed by atoms with van der Waals surface area (Å²) < 4.78 is 5.08. The normalized spacial score (nSPS) is 9.94. The number of carbonyl (C=O) groups excluding carboxylic acids is 1. The van der Waals surface area contributed by atoms with Crippen molar-refractivity contribution in [3.63, 3.8) is 0 Å². The Kier molecular flexibility index (Phi) is 4.79. The zero-order valence-corrected chi connectivity index (χ0v) is 9.64. The van der Waals surface area contributed by atoms with Crippen molar-refractivity contribution in [2.45, 2.75) is 6.42 Å². The van der Waals surface area contributed by atoms with E-state index in [1.807, 2.05) is 24.3 Å². The zero-order chi connectivity index (χ0) is 12.0. The molecule has 1 N–H and O–H groups in total. The second-order valence-corrected chi connectivity index (χ2v) is 3.57. The molecule has 0 aliphatic carbocycles. The number of aliphatic hydroxyl groups is 1. The first-order valence-corrected chi connectivity index (χ1v) is 5.15. The number of amides is 1. The van der Waals surface area contributed by atoms with Crippen molar-refractivity contribution in [1.29, 1.82) is 0 Å². The van der Waals surface area contributed by atoms with E-state index in [0.29, 0.717) is 13.0 Å². The summed E-state index contributed by atoms with van der Waals surface area (Å²) in [7, 11) is 3.28. The number of ether oxygens (including phenoxy) is 1. The van der Waals surface area contributed by atoms with Crippen LogP contribution in [0.4, 0.5) is 0 Å². The van der Waals surface area contributed by atoms with Crippen LogP contribution >= 0.6 is 0 Å². The van der Waals surface area contributed by atoms with Crippen LogP contribution in [-0.4, -0.2) is 43.2 Å². The van der Waals surface area contributed by atoms with E-state index in [9.17, 15) is 4.79 Å². The Hall–Kier alpha value is -1.55. The van der Waals surface area contributed by atoms with Crippen LogP contribution in [0.2, 0.25) is 0 Å². The first kappa shape index (κ1) is 12.5. The molecule has 1 amide bonds. The van der Waals surface area contributed by atoms with E-state index in [0.717, 1.165) is 11.3 Å². The molecule has 16 heavy (non-hydrogen) atoms. The van der Waals surface area contributed by atoms with Gasteiger partial charge in [0.15, 0.2) is 0 Å². The summed E-state index contributed by atoms with van der Waals surface area (Å²) in [6.07, 6.45) is 0.327. The van der Waals surface area contributed by atoms with Gasteiger partial charge in [-0.15, -0.1) is 0 Å². The molecule has 0 fully saturated rings. The highest BCUT2D eigenvalue weighted by Gasteiger charge is 2.09. The smallest absolute Gasteiger partial charge is 0.226 e. The van der Waals surface area contributed by atoms with Gasteiger partial charge in [-0.05, 0) is 17.7 Å². The Morgan fingerprint density at radius 2 is 2.25 bits per heavy atom. The van der Waals surface area contributed by atoms with Crippen LogP contribution in [0.25, 0.3) is 0 Å². The molecule has 4 nitrogen and oxygen atoms in total. The lowest BCUT2D eigenvalue weighted by atomic mass is 10.1. The molecule has 88 valence electrons. The molecule has 0 heterocycles. The lowest BCUT2D eigenvalue weighted by Gasteiger charge is -2.15. The summed E-state index contributed by atoms with van der Waals surface area (Å²) in [6, 6.07) is 7.41. The number of likely N-dealkylation sites (N-methyl/N-ethyl adjacent to an activating group) is 1. The van der Waals surface area contributed by atoms with Gasteiger partial charge in [0, 0.05) is 13.6 Å². The molecule has 0 spiro atoms. The van der Waals surface area contributed by atoms with Crippen molar-refractivity contribution in [3.05, 3.63) is 29.8 Å². The van der Waals surface area contributed by atoms with Gasteiger partial charge >= 0.3 is 0 Å². The number of carbonyl (C=O) groups is 1. The minimum absolute atomic E-state index is 0.0118. The fourth-order valence-electron chi connectivity index (χ4n) is 1.37. The minimum atomic E-state index is -0.0135. The summed E-state index contributed by atoms with van der Waals surface area (Å²) >= 11 is 0. The van der Waals surface area contributed by atoms with E-state index in [1.54, 1.807) is 14.2 Å². The van der Waals surface area contributed by atoms with Crippen molar-refractivity contribution >= 4 is 5.91 Å². The first-order valence-electron chi connectivity index (χ1n) is 5.15. The zero-order valence-electron chi connectivity index (χ0n) is 9.64. The number of rotatable bonds is 5.